The molecule has 0 amide bonds. The van der Waals surface area contributed by atoms with Gasteiger partial charge in [0, 0.05) is 26.2 Å². The topological polar surface area (TPSA) is 24.5 Å². The third kappa shape index (κ3) is 7.38. The van der Waals surface area contributed by atoms with Crippen LogP contribution in [0.2, 0.25) is 0 Å². The lowest BCUT2D eigenvalue weighted by molar-refractivity contribution is 0.104. The Morgan fingerprint density at radius 1 is 1.47 bits per heavy atom. The SMILES string of the molecule is C#CCNCCN(C)CCOCC1CC1. The van der Waals surface area contributed by atoms with Gasteiger partial charge in [0.05, 0.1) is 13.2 Å². The van der Waals surface area contributed by atoms with Crippen LogP contribution in [-0.4, -0.2) is 51.3 Å². The molecule has 0 radical (unpaired) electrons. The lowest BCUT2D eigenvalue weighted by atomic mass is 10.4. The van der Waals surface area contributed by atoms with Crippen LogP contribution in [0.15, 0.2) is 0 Å². The molecule has 0 aromatic carbocycles. The van der Waals surface area contributed by atoms with E-state index < -0.39 is 0 Å². The van der Waals surface area contributed by atoms with Crippen molar-refractivity contribution in [2.75, 3.05) is 46.4 Å². The molecule has 0 aromatic heterocycles. The van der Waals surface area contributed by atoms with Gasteiger partial charge >= 0.3 is 0 Å². The predicted octanol–water partition coefficient (Wildman–Crippen LogP) is 0.568. The number of hydrogen-bond donors (Lipinski definition) is 1. The minimum atomic E-state index is 0.659. The summed E-state index contributed by atoms with van der Waals surface area (Å²) in [4.78, 5) is 2.26. The molecule has 1 saturated carbocycles. The summed E-state index contributed by atoms with van der Waals surface area (Å²) in [5, 5.41) is 3.17. The zero-order chi connectivity index (χ0) is 10.9. The van der Waals surface area contributed by atoms with Gasteiger partial charge in [0.25, 0.3) is 0 Å². The van der Waals surface area contributed by atoms with Gasteiger partial charge in [0.1, 0.15) is 0 Å². The smallest absolute Gasteiger partial charge is 0.0593 e. The van der Waals surface area contributed by atoms with E-state index in [-0.39, 0.29) is 0 Å². The highest BCUT2D eigenvalue weighted by atomic mass is 16.5. The van der Waals surface area contributed by atoms with Crippen molar-refractivity contribution in [2.24, 2.45) is 5.92 Å². The average molecular weight is 210 g/mol. The maximum absolute atomic E-state index is 5.56. The summed E-state index contributed by atoms with van der Waals surface area (Å²) in [6, 6.07) is 0. The van der Waals surface area contributed by atoms with Gasteiger partial charge in [-0.2, -0.15) is 0 Å². The monoisotopic (exact) mass is 210 g/mol. The summed E-state index contributed by atoms with van der Waals surface area (Å²) in [5.74, 6) is 3.43. The molecule has 0 unspecified atom stereocenters. The summed E-state index contributed by atoms with van der Waals surface area (Å²) < 4.78 is 5.56. The first-order valence-corrected chi connectivity index (χ1v) is 5.73. The van der Waals surface area contributed by atoms with Gasteiger partial charge in [-0.25, -0.2) is 0 Å². The standard InChI is InChI=1S/C12H22N2O/c1-3-6-13-7-8-14(2)9-10-15-11-12-4-5-12/h1,12-13H,4-11H2,2H3. The number of nitrogens with one attached hydrogen (secondary N) is 1. The van der Waals surface area contributed by atoms with Gasteiger partial charge in [0.15, 0.2) is 0 Å². The zero-order valence-electron chi connectivity index (χ0n) is 9.67. The van der Waals surface area contributed by atoms with E-state index in [4.69, 9.17) is 11.2 Å². The molecule has 0 atom stereocenters. The third-order valence-corrected chi connectivity index (χ3v) is 2.57. The summed E-state index contributed by atoms with van der Waals surface area (Å²) >= 11 is 0. The first-order chi connectivity index (χ1) is 7.33. The first-order valence-electron chi connectivity index (χ1n) is 5.73. The molecule has 0 saturated heterocycles. The lowest BCUT2D eigenvalue weighted by Crippen LogP contribution is -2.31. The van der Waals surface area contributed by atoms with Gasteiger partial charge in [0.2, 0.25) is 0 Å². The van der Waals surface area contributed by atoms with E-state index in [1.54, 1.807) is 0 Å². The maximum Gasteiger partial charge on any atom is 0.0593 e. The fraction of sp³-hybridized carbons (Fsp3) is 0.833. The van der Waals surface area contributed by atoms with Crippen LogP contribution in [-0.2, 0) is 4.74 Å². The lowest BCUT2D eigenvalue weighted by Gasteiger charge is -2.16. The quantitative estimate of drug-likeness (QED) is 0.445. The molecule has 1 rings (SSSR count). The van der Waals surface area contributed by atoms with Crippen molar-refractivity contribution in [3.05, 3.63) is 0 Å². The van der Waals surface area contributed by atoms with Crippen LogP contribution in [0.1, 0.15) is 12.8 Å². The second kappa shape index (κ2) is 7.70. The van der Waals surface area contributed by atoms with Crippen molar-refractivity contribution in [3.63, 3.8) is 0 Å². The van der Waals surface area contributed by atoms with Crippen LogP contribution in [0.5, 0.6) is 0 Å². The van der Waals surface area contributed by atoms with E-state index in [0.717, 1.165) is 38.8 Å². The highest BCUT2D eigenvalue weighted by Gasteiger charge is 2.20. The van der Waals surface area contributed by atoms with Crippen LogP contribution in [0, 0.1) is 18.3 Å². The molecule has 0 heterocycles. The molecule has 1 aliphatic rings. The van der Waals surface area contributed by atoms with Crippen LogP contribution >= 0.6 is 0 Å². The molecule has 0 bridgehead atoms. The van der Waals surface area contributed by atoms with Crippen molar-refractivity contribution >= 4 is 0 Å². The summed E-state index contributed by atoms with van der Waals surface area (Å²) in [5.41, 5.74) is 0. The summed E-state index contributed by atoms with van der Waals surface area (Å²) in [6.45, 7) is 5.44. The molecule has 1 aliphatic carbocycles. The average Bonchev–Trinajstić information content (AvgIpc) is 3.03. The Labute approximate surface area is 93.2 Å². The fourth-order valence-corrected chi connectivity index (χ4v) is 1.30. The van der Waals surface area contributed by atoms with E-state index in [9.17, 15) is 0 Å². The van der Waals surface area contributed by atoms with Crippen LogP contribution in [0.25, 0.3) is 0 Å². The van der Waals surface area contributed by atoms with Gasteiger partial charge < -0.3 is 15.0 Å². The number of ether oxygens (including phenoxy) is 1. The molecule has 0 spiro atoms. The van der Waals surface area contributed by atoms with Crippen molar-refractivity contribution in [3.8, 4) is 12.3 Å². The van der Waals surface area contributed by atoms with Crippen molar-refractivity contribution in [1.29, 1.82) is 0 Å². The molecule has 3 heteroatoms. The molecule has 0 aromatic rings. The minimum Gasteiger partial charge on any atom is -0.380 e. The Balaban J connectivity index is 1.80. The highest BCUT2D eigenvalue weighted by Crippen LogP contribution is 2.28. The Hall–Kier alpha value is -0.560. The molecule has 1 N–H and O–H groups in total. The largest absolute Gasteiger partial charge is 0.380 e. The number of hydrogen-bond acceptors (Lipinski definition) is 3. The predicted molar refractivity (Wildman–Crippen MR) is 62.7 cm³/mol. The van der Waals surface area contributed by atoms with Crippen LogP contribution in [0.4, 0.5) is 0 Å². The number of rotatable bonds is 9. The van der Waals surface area contributed by atoms with E-state index in [2.05, 4.69) is 23.2 Å². The van der Waals surface area contributed by atoms with Gasteiger partial charge in [-0.3, -0.25) is 0 Å². The summed E-state index contributed by atoms with van der Waals surface area (Å²) in [7, 11) is 2.11. The van der Waals surface area contributed by atoms with Crippen molar-refractivity contribution in [1.82, 2.24) is 10.2 Å². The number of nitrogens with zero attached hydrogens (tertiary/aromatic N) is 1. The second-order valence-corrected chi connectivity index (χ2v) is 4.20. The Morgan fingerprint density at radius 2 is 2.27 bits per heavy atom. The van der Waals surface area contributed by atoms with E-state index in [0.29, 0.717) is 6.54 Å². The van der Waals surface area contributed by atoms with Crippen LogP contribution < -0.4 is 5.32 Å². The minimum absolute atomic E-state index is 0.659. The van der Waals surface area contributed by atoms with Gasteiger partial charge in [-0.15, -0.1) is 6.42 Å². The molecule has 1 fully saturated rings. The first kappa shape index (κ1) is 12.5. The molecular weight excluding hydrogens is 188 g/mol. The Bertz CT molecular complexity index is 196. The Kier molecular flexibility index (Phi) is 6.42. The summed E-state index contributed by atoms with van der Waals surface area (Å²) in [6.07, 6.45) is 7.87. The van der Waals surface area contributed by atoms with E-state index >= 15 is 0 Å². The number of terminal acetylenes is 1. The van der Waals surface area contributed by atoms with Crippen molar-refractivity contribution in [2.45, 2.75) is 12.8 Å². The number of likely N-dealkylation sites (N-methyl/N-ethyl adjacent to an activating group) is 1. The highest BCUT2D eigenvalue weighted by molar-refractivity contribution is 4.86. The van der Waals surface area contributed by atoms with E-state index in [1.807, 2.05) is 0 Å². The molecule has 0 aliphatic heterocycles. The fourth-order valence-electron chi connectivity index (χ4n) is 1.30. The molecule has 15 heavy (non-hydrogen) atoms. The molecular formula is C12H22N2O. The van der Waals surface area contributed by atoms with Crippen molar-refractivity contribution < 1.29 is 4.74 Å². The van der Waals surface area contributed by atoms with Crippen LogP contribution in [0.3, 0.4) is 0 Å². The van der Waals surface area contributed by atoms with Gasteiger partial charge in [-0.05, 0) is 25.8 Å². The zero-order valence-corrected chi connectivity index (χ0v) is 9.67. The second-order valence-electron chi connectivity index (χ2n) is 4.20. The Morgan fingerprint density at radius 3 is 2.93 bits per heavy atom. The molecule has 3 nitrogen and oxygen atoms in total. The maximum atomic E-state index is 5.56. The van der Waals surface area contributed by atoms with Gasteiger partial charge in [-0.1, -0.05) is 5.92 Å². The third-order valence-electron chi connectivity index (χ3n) is 2.57. The molecule has 86 valence electrons. The van der Waals surface area contributed by atoms with E-state index in [1.165, 1.54) is 12.8 Å². The normalized spacial score (nSPS) is 15.5.